The van der Waals surface area contributed by atoms with E-state index in [1.165, 1.54) is 6.92 Å². The maximum atomic E-state index is 13.1. The van der Waals surface area contributed by atoms with Gasteiger partial charge in [-0.2, -0.15) is 5.10 Å². The summed E-state index contributed by atoms with van der Waals surface area (Å²) in [7, 11) is 2.00. The minimum Gasteiger partial charge on any atom is -0.330 e. The van der Waals surface area contributed by atoms with E-state index >= 15 is 0 Å². The second-order valence-electron chi connectivity index (χ2n) is 7.08. The fourth-order valence-corrected chi connectivity index (χ4v) is 3.79. The Bertz CT molecular complexity index is 1060. The predicted octanol–water partition coefficient (Wildman–Crippen LogP) is 1.31. The van der Waals surface area contributed by atoms with E-state index in [4.69, 9.17) is 0 Å². The van der Waals surface area contributed by atoms with Crippen molar-refractivity contribution in [1.82, 2.24) is 14.5 Å². The zero-order valence-corrected chi connectivity index (χ0v) is 15.7. The fraction of sp³-hybridized carbons (Fsp3) is 0.250. The van der Waals surface area contributed by atoms with E-state index in [0.29, 0.717) is 18.7 Å². The second kappa shape index (κ2) is 6.57. The number of pyridine rings is 1. The molecular formula is C20H21BN4O2. The number of amides is 2. The van der Waals surface area contributed by atoms with Crippen LogP contribution in [0.5, 0.6) is 0 Å². The lowest BCUT2D eigenvalue weighted by Crippen LogP contribution is -2.39. The van der Waals surface area contributed by atoms with Gasteiger partial charge in [0, 0.05) is 25.4 Å². The molecule has 1 aromatic carbocycles. The average Bonchev–Trinajstić information content (AvgIpc) is 3.05. The number of benzene rings is 1. The maximum absolute atomic E-state index is 13.1. The molecule has 0 fully saturated rings. The van der Waals surface area contributed by atoms with Gasteiger partial charge in [0.2, 0.25) is 5.91 Å². The van der Waals surface area contributed by atoms with E-state index in [0.717, 1.165) is 27.8 Å². The lowest BCUT2D eigenvalue weighted by molar-refractivity contribution is -0.114. The van der Waals surface area contributed by atoms with Gasteiger partial charge in [0.05, 0.1) is 11.6 Å². The van der Waals surface area contributed by atoms with E-state index in [-0.39, 0.29) is 17.9 Å². The third-order valence-corrected chi connectivity index (χ3v) is 5.13. The summed E-state index contributed by atoms with van der Waals surface area (Å²) in [5.41, 5.74) is 5.46. The molecule has 0 radical (unpaired) electrons. The molecule has 7 heteroatoms. The van der Waals surface area contributed by atoms with Crippen molar-refractivity contribution < 1.29 is 9.59 Å². The van der Waals surface area contributed by atoms with Crippen LogP contribution in [-0.2, 0) is 11.2 Å². The normalized spacial score (nSPS) is 16.2. The minimum atomic E-state index is -0.0884. The first-order chi connectivity index (χ1) is 12.9. The van der Waals surface area contributed by atoms with Crippen LogP contribution in [0.25, 0.3) is 5.52 Å². The first kappa shape index (κ1) is 17.3. The highest BCUT2D eigenvalue weighted by Gasteiger charge is 2.30. The SMILES string of the molecule is Bc1ccc2cc(C(=O)N3CCc4c(NC(C)=O)cccc4C3C)nn2c1. The molecule has 136 valence electrons. The molecule has 0 saturated carbocycles. The maximum Gasteiger partial charge on any atom is 0.274 e. The first-order valence-corrected chi connectivity index (χ1v) is 9.10. The first-order valence-electron chi connectivity index (χ1n) is 9.10. The summed E-state index contributed by atoms with van der Waals surface area (Å²) in [5, 5.41) is 7.36. The molecule has 1 aliphatic heterocycles. The zero-order chi connectivity index (χ0) is 19.1. The minimum absolute atomic E-state index is 0.0700. The highest BCUT2D eigenvalue weighted by atomic mass is 16.2. The van der Waals surface area contributed by atoms with Crippen molar-refractivity contribution in [2.45, 2.75) is 26.3 Å². The van der Waals surface area contributed by atoms with Crippen molar-refractivity contribution >= 4 is 36.3 Å². The number of hydrogen-bond acceptors (Lipinski definition) is 3. The summed E-state index contributed by atoms with van der Waals surface area (Å²) in [4.78, 5) is 26.4. The van der Waals surface area contributed by atoms with Crippen molar-refractivity contribution in [2.24, 2.45) is 0 Å². The molecule has 1 aliphatic rings. The van der Waals surface area contributed by atoms with Gasteiger partial charge >= 0.3 is 0 Å². The fourth-order valence-electron chi connectivity index (χ4n) is 3.79. The number of anilines is 1. The molecule has 27 heavy (non-hydrogen) atoms. The standard InChI is InChI=1S/C20H21BN4O2/c1-12-16-4-3-5-18(22-13(2)26)17(16)8-9-24(12)20(27)19-10-15-7-6-14(21)11-25(15)23-19/h3-7,10-12H,8-9,21H2,1-2H3,(H,22,26). The number of fused-ring (bicyclic) bond motifs is 2. The molecule has 1 N–H and O–H groups in total. The lowest BCUT2D eigenvalue weighted by Gasteiger charge is -2.35. The third-order valence-electron chi connectivity index (χ3n) is 5.13. The Balaban J connectivity index is 1.65. The van der Waals surface area contributed by atoms with Crippen LogP contribution < -0.4 is 10.8 Å². The molecule has 1 atom stereocenters. The topological polar surface area (TPSA) is 66.7 Å². The van der Waals surface area contributed by atoms with E-state index < -0.39 is 0 Å². The summed E-state index contributed by atoms with van der Waals surface area (Å²) in [6.45, 7) is 4.12. The zero-order valence-electron chi connectivity index (χ0n) is 15.7. The Hall–Kier alpha value is -3.09. The Labute approximate surface area is 158 Å². The van der Waals surface area contributed by atoms with Gasteiger partial charge in [-0.15, -0.1) is 0 Å². The van der Waals surface area contributed by atoms with Crippen LogP contribution in [0, 0.1) is 0 Å². The van der Waals surface area contributed by atoms with Crippen molar-refractivity contribution in [2.75, 3.05) is 11.9 Å². The largest absolute Gasteiger partial charge is 0.330 e. The van der Waals surface area contributed by atoms with Crippen LogP contribution in [0.1, 0.15) is 41.5 Å². The number of carbonyl (C=O) groups excluding carboxylic acids is 2. The van der Waals surface area contributed by atoms with Gasteiger partial charge in [-0.3, -0.25) is 9.59 Å². The smallest absolute Gasteiger partial charge is 0.274 e. The van der Waals surface area contributed by atoms with Crippen molar-refractivity contribution in [1.29, 1.82) is 0 Å². The Kier molecular flexibility index (Phi) is 4.22. The molecule has 3 aromatic rings. The summed E-state index contributed by atoms with van der Waals surface area (Å²) in [6, 6.07) is 11.6. The van der Waals surface area contributed by atoms with Gasteiger partial charge in [-0.1, -0.05) is 23.7 Å². The predicted molar refractivity (Wildman–Crippen MR) is 107 cm³/mol. The van der Waals surface area contributed by atoms with Crippen LogP contribution in [0.2, 0.25) is 0 Å². The molecule has 0 bridgehead atoms. The van der Waals surface area contributed by atoms with Crippen molar-refractivity contribution in [3.8, 4) is 0 Å². The summed E-state index contributed by atoms with van der Waals surface area (Å²) >= 11 is 0. The number of aromatic nitrogens is 2. The quantitative estimate of drug-likeness (QED) is 0.701. The average molecular weight is 360 g/mol. The van der Waals surface area contributed by atoms with Gasteiger partial charge in [0.25, 0.3) is 5.91 Å². The molecule has 1 unspecified atom stereocenters. The lowest BCUT2D eigenvalue weighted by atomic mass is 9.91. The van der Waals surface area contributed by atoms with Gasteiger partial charge in [0.1, 0.15) is 7.85 Å². The van der Waals surface area contributed by atoms with Gasteiger partial charge in [0.15, 0.2) is 5.69 Å². The molecule has 0 aliphatic carbocycles. The number of rotatable bonds is 2. The van der Waals surface area contributed by atoms with E-state index in [1.807, 2.05) is 62.3 Å². The summed E-state index contributed by atoms with van der Waals surface area (Å²) in [5.74, 6) is -0.158. The Morgan fingerprint density at radius 3 is 2.85 bits per heavy atom. The van der Waals surface area contributed by atoms with E-state index in [1.54, 1.807) is 4.52 Å². The van der Waals surface area contributed by atoms with Crippen molar-refractivity contribution in [3.05, 3.63) is 59.4 Å². The van der Waals surface area contributed by atoms with Crippen LogP contribution in [-0.4, -0.2) is 40.7 Å². The van der Waals surface area contributed by atoms with Crippen LogP contribution in [0.15, 0.2) is 42.6 Å². The molecular weight excluding hydrogens is 339 g/mol. The number of nitrogens with zero attached hydrogens (tertiary/aromatic N) is 3. The highest BCUT2D eigenvalue weighted by Crippen LogP contribution is 2.34. The molecule has 3 heterocycles. The molecule has 0 saturated heterocycles. The molecule has 2 amide bonds. The van der Waals surface area contributed by atoms with Gasteiger partial charge < -0.3 is 10.2 Å². The molecule has 0 spiro atoms. The van der Waals surface area contributed by atoms with Crippen LogP contribution in [0.3, 0.4) is 0 Å². The highest BCUT2D eigenvalue weighted by molar-refractivity contribution is 6.32. The monoisotopic (exact) mass is 360 g/mol. The van der Waals surface area contributed by atoms with Gasteiger partial charge in [-0.05, 0) is 42.7 Å². The Morgan fingerprint density at radius 2 is 2.07 bits per heavy atom. The molecule has 2 aromatic heterocycles. The van der Waals surface area contributed by atoms with E-state index in [2.05, 4.69) is 10.4 Å². The molecule has 4 rings (SSSR count). The summed E-state index contributed by atoms with van der Waals surface area (Å²) < 4.78 is 1.75. The van der Waals surface area contributed by atoms with Gasteiger partial charge in [-0.25, -0.2) is 4.52 Å². The summed E-state index contributed by atoms with van der Waals surface area (Å²) in [6.07, 6.45) is 2.62. The Morgan fingerprint density at radius 1 is 1.26 bits per heavy atom. The van der Waals surface area contributed by atoms with Crippen LogP contribution in [0.4, 0.5) is 5.69 Å². The number of nitrogens with one attached hydrogen (secondary N) is 1. The second-order valence-corrected chi connectivity index (χ2v) is 7.08. The molecule has 6 nitrogen and oxygen atoms in total. The number of hydrogen-bond donors (Lipinski definition) is 1. The van der Waals surface area contributed by atoms with E-state index in [9.17, 15) is 9.59 Å². The van der Waals surface area contributed by atoms with Crippen molar-refractivity contribution in [3.63, 3.8) is 0 Å². The number of carbonyl (C=O) groups is 2. The third kappa shape index (κ3) is 3.09. The van der Waals surface area contributed by atoms with Crippen LogP contribution >= 0.6 is 0 Å².